The second-order valence-electron chi connectivity index (χ2n) is 7.20. The topological polar surface area (TPSA) is 105 Å². The van der Waals surface area contributed by atoms with E-state index >= 15 is 0 Å². The third kappa shape index (κ3) is 4.55. The summed E-state index contributed by atoms with van der Waals surface area (Å²) in [5.74, 6) is 0.212. The molecule has 0 unspecified atom stereocenters. The summed E-state index contributed by atoms with van der Waals surface area (Å²) in [4.78, 5) is 20.0. The zero-order chi connectivity index (χ0) is 20.4. The average Bonchev–Trinajstić information content (AvgIpc) is 3.22. The summed E-state index contributed by atoms with van der Waals surface area (Å²) < 4.78 is 22.4. The van der Waals surface area contributed by atoms with Gasteiger partial charge in [0.2, 0.25) is 10.0 Å². The number of carbonyl (C=O) groups excluding carboxylic acids is 1. The number of pyridine rings is 1. The van der Waals surface area contributed by atoms with E-state index in [9.17, 15) is 13.2 Å². The van der Waals surface area contributed by atoms with E-state index in [1.54, 1.807) is 24.3 Å². The molecular formula is C21H22N4O3S. The summed E-state index contributed by atoms with van der Waals surface area (Å²) in [5.41, 5.74) is 2.53. The van der Waals surface area contributed by atoms with Crippen LogP contribution in [-0.2, 0) is 15.8 Å². The van der Waals surface area contributed by atoms with Crippen LogP contribution in [0.4, 0.5) is 11.5 Å². The number of primary sulfonamides is 1. The summed E-state index contributed by atoms with van der Waals surface area (Å²) in [6.07, 6.45) is 2.17. The molecule has 0 spiro atoms. The van der Waals surface area contributed by atoms with Crippen LogP contribution in [0.1, 0.15) is 28.8 Å². The molecule has 8 heteroatoms. The zero-order valence-electron chi connectivity index (χ0n) is 15.8. The van der Waals surface area contributed by atoms with Gasteiger partial charge in [-0.3, -0.25) is 4.79 Å². The molecule has 0 saturated carbocycles. The van der Waals surface area contributed by atoms with E-state index < -0.39 is 10.0 Å². The van der Waals surface area contributed by atoms with Crippen LogP contribution >= 0.6 is 0 Å². The molecule has 0 aliphatic carbocycles. The lowest BCUT2D eigenvalue weighted by Crippen LogP contribution is -2.24. The van der Waals surface area contributed by atoms with Gasteiger partial charge in [0.05, 0.1) is 16.8 Å². The van der Waals surface area contributed by atoms with Gasteiger partial charge < -0.3 is 10.2 Å². The minimum Gasteiger partial charge on any atom is -0.356 e. The Hall–Kier alpha value is -2.97. The van der Waals surface area contributed by atoms with Gasteiger partial charge in [-0.15, -0.1) is 0 Å². The number of para-hydroxylation sites is 1. The van der Waals surface area contributed by atoms with E-state index in [1.807, 2.05) is 30.3 Å². The van der Waals surface area contributed by atoms with Crippen molar-refractivity contribution in [3.8, 4) is 0 Å². The molecular weight excluding hydrogens is 388 g/mol. The first-order chi connectivity index (χ1) is 13.9. The van der Waals surface area contributed by atoms with Crippen LogP contribution in [0.2, 0.25) is 0 Å². The van der Waals surface area contributed by atoms with Crippen LogP contribution < -0.4 is 15.4 Å². The van der Waals surface area contributed by atoms with Crippen LogP contribution in [0.15, 0.2) is 54.6 Å². The van der Waals surface area contributed by atoms with Crippen LogP contribution in [0, 0.1) is 0 Å². The third-order valence-corrected chi connectivity index (χ3v) is 5.67. The molecule has 3 N–H and O–H groups in total. The van der Waals surface area contributed by atoms with Crippen molar-refractivity contribution in [2.45, 2.75) is 18.6 Å². The highest BCUT2D eigenvalue weighted by atomic mass is 32.2. The number of amides is 1. The molecule has 2 aromatic carbocycles. The number of nitrogens with one attached hydrogen (secondary N) is 1. The molecule has 1 amide bonds. The minimum atomic E-state index is -3.59. The smallest absolute Gasteiger partial charge is 0.259 e. The van der Waals surface area contributed by atoms with Crippen molar-refractivity contribution in [1.82, 2.24) is 4.98 Å². The fourth-order valence-electron chi connectivity index (χ4n) is 3.56. The van der Waals surface area contributed by atoms with E-state index in [0.717, 1.165) is 36.8 Å². The lowest BCUT2D eigenvalue weighted by molar-refractivity contribution is 0.102. The highest BCUT2D eigenvalue weighted by molar-refractivity contribution is 7.88. The van der Waals surface area contributed by atoms with Gasteiger partial charge in [0.25, 0.3) is 5.91 Å². The Morgan fingerprint density at radius 3 is 2.45 bits per heavy atom. The van der Waals surface area contributed by atoms with E-state index in [0.29, 0.717) is 22.6 Å². The van der Waals surface area contributed by atoms with E-state index in [4.69, 9.17) is 10.1 Å². The molecule has 3 aromatic rings. The standard InChI is InChI=1S/C21H22N4O3S/c22-29(27,28)14-15-7-9-17(10-8-15)23-21(26)18-13-16-5-1-2-6-19(16)24-20(18)25-11-3-4-12-25/h1-2,5-10,13H,3-4,11-12,14H2,(H,23,26)(H2,22,27,28). The maximum atomic E-state index is 13.1. The van der Waals surface area contributed by atoms with E-state index in [2.05, 4.69) is 10.2 Å². The molecule has 2 heterocycles. The second kappa shape index (κ2) is 7.81. The summed E-state index contributed by atoms with van der Waals surface area (Å²) in [7, 11) is -3.59. The monoisotopic (exact) mass is 410 g/mol. The predicted molar refractivity (Wildman–Crippen MR) is 114 cm³/mol. The molecule has 4 rings (SSSR count). The van der Waals surface area contributed by atoms with E-state index in [1.165, 1.54) is 0 Å². The molecule has 1 aliphatic heterocycles. The molecule has 1 fully saturated rings. The normalized spacial score (nSPS) is 14.3. The molecule has 7 nitrogen and oxygen atoms in total. The molecule has 150 valence electrons. The molecule has 0 bridgehead atoms. The van der Waals surface area contributed by atoms with Crippen molar-refractivity contribution >= 4 is 38.3 Å². The lowest BCUT2D eigenvalue weighted by atomic mass is 10.1. The number of fused-ring (bicyclic) bond motifs is 1. The van der Waals surface area contributed by atoms with Crippen LogP contribution in [-0.4, -0.2) is 32.4 Å². The Morgan fingerprint density at radius 2 is 1.76 bits per heavy atom. The Bertz CT molecular complexity index is 1150. The number of carbonyl (C=O) groups is 1. The highest BCUT2D eigenvalue weighted by Gasteiger charge is 2.22. The molecule has 1 aliphatic rings. The van der Waals surface area contributed by atoms with Gasteiger partial charge in [-0.05, 0) is 42.7 Å². The van der Waals surface area contributed by atoms with Gasteiger partial charge in [-0.2, -0.15) is 0 Å². The van der Waals surface area contributed by atoms with Gasteiger partial charge in [-0.1, -0.05) is 30.3 Å². The quantitative estimate of drug-likeness (QED) is 0.673. The summed E-state index contributed by atoms with van der Waals surface area (Å²) in [5, 5.41) is 8.87. The summed E-state index contributed by atoms with van der Waals surface area (Å²) >= 11 is 0. The van der Waals surface area contributed by atoms with Gasteiger partial charge >= 0.3 is 0 Å². The van der Waals surface area contributed by atoms with Gasteiger partial charge in [0.1, 0.15) is 5.82 Å². The Kier molecular flexibility index (Phi) is 5.21. The number of hydrogen-bond donors (Lipinski definition) is 2. The number of sulfonamides is 1. The van der Waals surface area contributed by atoms with Crippen LogP contribution in [0.5, 0.6) is 0 Å². The Labute approximate surface area is 169 Å². The minimum absolute atomic E-state index is 0.241. The maximum Gasteiger partial charge on any atom is 0.259 e. The number of anilines is 2. The molecule has 1 aromatic heterocycles. The number of aromatic nitrogens is 1. The number of benzene rings is 2. The predicted octanol–water partition coefficient (Wildman–Crippen LogP) is 2.88. The van der Waals surface area contributed by atoms with Gasteiger partial charge in [0.15, 0.2) is 0 Å². The maximum absolute atomic E-state index is 13.1. The van der Waals surface area contributed by atoms with Crippen molar-refractivity contribution in [3.05, 3.63) is 65.7 Å². The fourth-order valence-corrected chi connectivity index (χ4v) is 4.21. The van der Waals surface area contributed by atoms with Crippen molar-refractivity contribution in [2.24, 2.45) is 5.14 Å². The summed E-state index contributed by atoms with van der Waals surface area (Å²) in [6, 6.07) is 16.2. The molecule has 29 heavy (non-hydrogen) atoms. The number of hydrogen-bond acceptors (Lipinski definition) is 5. The first-order valence-corrected chi connectivity index (χ1v) is 11.2. The van der Waals surface area contributed by atoms with Crippen molar-refractivity contribution in [2.75, 3.05) is 23.3 Å². The fraction of sp³-hybridized carbons (Fsp3) is 0.238. The van der Waals surface area contributed by atoms with Crippen molar-refractivity contribution in [1.29, 1.82) is 0 Å². The average molecular weight is 410 g/mol. The van der Waals surface area contributed by atoms with E-state index in [-0.39, 0.29) is 11.7 Å². The summed E-state index contributed by atoms with van der Waals surface area (Å²) in [6.45, 7) is 1.77. The van der Waals surface area contributed by atoms with Crippen LogP contribution in [0.25, 0.3) is 10.9 Å². The molecule has 0 radical (unpaired) electrons. The Balaban J connectivity index is 1.63. The third-order valence-electron chi connectivity index (χ3n) is 4.93. The van der Waals surface area contributed by atoms with Crippen molar-refractivity contribution < 1.29 is 13.2 Å². The van der Waals surface area contributed by atoms with Crippen molar-refractivity contribution in [3.63, 3.8) is 0 Å². The van der Waals surface area contributed by atoms with Gasteiger partial charge in [-0.25, -0.2) is 18.5 Å². The molecule has 0 atom stereocenters. The number of rotatable bonds is 5. The first kappa shape index (κ1) is 19.4. The zero-order valence-corrected chi connectivity index (χ0v) is 16.7. The molecule has 1 saturated heterocycles. The number of nitrogens with two attached hydrogens (primary N) is 1. The largest absolute Gasteiger partial charge is 0.356 e. The second-order valence-corrected chi connectivity index (χ2v) is 8.82. The van der Waals surface area contributed by atoms with Gasteiger partial charge in [0, 0.05) is 24.2 Å². The lowest BCUT2D eigenvalue weighted by Gasteiger charge is -2.20. The first-order valence-electron chi connectivity index (χ1n) is 9.44. The number of nitrogens with zero attached hydrogens (tertiary/aromatic N) is 2. The highest BCUT2D eigenvalue weighted by Crippen LogP contribution is 2.27. The van der Waals surface area contributed by atoms with Crippen LogP contribution in [0.3, 0.4) is 0 Å². The Morgan fingerprint density at radius 1 is 1.07 bits per heavy atom. The SMILES string of the molecule is NS(=O)(=O)Cc1ccc(NC(=O)c2cc3ccccc3nc2N2CCCC2)cc1.